The first-order valence-electron chi connectivity index (χ1n) is 8.40. The van der Waals surface area contributed by atoms with Gasteiger partial charge in [0.15, 0.2) is 0 Å². The van der Waals surface area contributed by atoms with Crippen LogP contribution in [0.1, 0.15) is 38.9 Å². The monoisotopic (exact) mass is 329 g/mol. The number of hydrogen-bond donors (Lipinski definition) is 1. The third-order valence-corrected chi connectivity index (χ3v) is 4.58. The highest BCUT2D eigenvalue weighted by molar-refractivity contribution is 5.76. The molecular weight excluding hydrogens is 308 g/mol. The Kier molecular flexibility index (Phi) is 4.99. The van der Waals surface area contributed by atoms with Crippen molar-refractivity contribution in [2.24, 2.45) is 0 Å². The Bertz CT molecular complexity index is 872. The molecule has 0 heterocycles. The number of phenols is 1. The van der Waals surface area contributed by atoms with Gasteiger partial charge in [0.2, 0.25) is 6.29 Å². The summed E-state index contributed by atoms with van der Waals surface area (Å²) < 4.78 is 0. The molecule has 0 spiro atoms. The SMILES string of the molecule is Cc1cc([C]=O)cc(C)c1Cc1ccc(O)c(Cc2ccccc2)c1. The first-order valence-corrected chi connectivity index (χ1v) is 8.40. The Labute approximate surface area is 148 Å². The molecule has 1 N–H and O–H groups in total. The zero-order valence-electron chi connectivity index (χ0n) is 14.5. The van der Waals surface area contributed by atoms with Crippen LogP contribution in [0.3, 0.4) is 0 Å². The van der Waals surface area contributed by atoms with E-state index in [0.29, 0.717) is 17.7 Å². The smallest absolute Gasteiger partial charge is 0.233 e. The van der Waals surface area contributed by atoms with Crippen LogP contribution < -0.4 is 0 Å². The summed E-state index contributed by atoms with van der Waals surface area (Å²) in [6, 6.07) is 19.7. The minimum atomic E-state index is 0.326. The third kappa shape index (κ3) is 3.97. The Balaban J connectivity index is 1.89. The van der Waals surface area contributed by atoms with Crippen molar-refractivity contribution in [1.82, 2.24) is 0 Å². The molecule has 0 saturated heterocycles. The van der Waals surface area contributed by atoms with Gasteiger partial charge in [0.1, 0.15) is 5.75 Å². The van der Waals surface area contributed by atoms with Crippen LogP contribution in [0.15, 0.2) is 60.7 Å². The molecule has 3 aromatic carbocycles. The lowest BCUT2D eigenvalue weighted by Crippen LogP contribution is -1.99. The molecule has 3 rings (SSSR count). The van der Waals surface area contributed by atoms with E-state index in [1.807, 2.05) is 56.5 Å². The molecule has 0 aromatic heterocycles. The summed E-state index contributed by atoms with van der Waals surface area (Å²) in [7, 11) is 0. The fourth-order valence-corrected chi connectivity index (χ4v) is 3.24. The van der Waals surface area contributed by atoms with E-state index < -0.39 is 0 Å². The lowest BCUT2D eigenvalue weighted by Gasteiger charge is -2.13. The van der Waals surface area contributed by atoms with Crippen LogP contribution in [-0.2, 0) is 17.6 Å². The van der Waals surface area contributed by atoms with E-state index in [1.165, 1.54) is 11.1 Å². The summed E-state index contributed by atoms with van der Waals surface area (Å²) in [5.41, 5.74) is 7.25. The topological polar surface area (TPSA) is 37.3 Å². The van der Waals surface area contributed by atoms with Crippen LogP contribution in [0, 0.1) is 13.8 Å². The molecule has 25 heavy (non-hydrogen) atoms. The summed E-state index contributed by atoms with van der Waals surface area (Å²) in [6.07, 6.45) is 3.44. The van der Waals surface area contributed by atoms with Crippen molar-refractivity contribution < 1.29 is 9.90 Å². The van der Waals surface area contributed by atoms with Crippen LogP contribution in [0.5, 0.6) is 5.75 Å². The van der Waals surface area contributed by atoms with E-state index in [0.717, 1.165) is 28.7 Å². The largest absolute Gasteiger partial charge is 0.508 e. The molecule has 0 atom stereocenters. The van der Waals surface area contributed by atoms with E-state index in [2.05, 4.69) is 18.2 Å². The summed E-state index contributed by atoms with van der Waals surface area (Å²) >= 11 is 0. The highest BCUT2D eigenvalue weighted by atomic mass is 16.3. The van der Waals surface area contributed by atoms with E-state index in [-0.39, 0.29) is 0 Å². The minimum absolute atomic E-state index is 0.326. The predicted octanol–water partition coefficient (Wildman–Crippen LogP) is 4.65. The number of rotatable bonds is 5. The number of hydrogen-bond acceptors (Lipinski definition) is 2. The Morgan fingerprint density at radius 1 is 0.840 bits per heavy atom. The highest BCUT2D eigenvalue weighted by Gasteiger charge is 2.09. The van der Waals surface area contributed by atoms with Gasteiger partial charge in [0, 0.05) is 12.0 Å². The Hall–Kier alpha value is -2.87. The average molecular weight is 329 g/mol. The van der Waals surface area contributed by atoms with Crippen molar-refractivity contribution in [1.29, 1.82) is 0 Å². The van der Waals surface area contributed by atoms with Gasteiger partial charge < -0.3 is 5.11 Å². The third-order valence-electron chi connectivity index (χ3n) is 4.58. The molecule has 0 aliphatic rings. The second kappa shape index (κ2) is 7.35. The molecule has 0 unspecified atom stereocenters. The lowest BCUT2D eigenvalue weighted by molar-refractivity contribution is 0.469. The number of carbonyl (C=O) groups excluding carboxylic acids is 1. The molecule has 3 aromatic rings. The van der Waals surface area contributed by atoms with Gasteiger partial charge in [-0.2, -0.15) is 0 Å². The minimum Gasteiger partial charge on any atom is -0.508 e. The van der Waals surface area contributed by atoms with Crippen LogP contribution in [0.25, 0.3) is 0 Å². The molecular formula is C23H21O2. The molecule has 0 fully saturated rings. The van der Waals surface area contributed by atoms with Gasteiger partial charge >= 0.3 is 0 Å². The van der Waals surface area contributed by atoms with Crippen LogP contribution >= 0.6 is 0 Å². The van der Waals surface area contributed by atoms with Crippen molar-refractivity contribution in [3.63, 3.8) is 0 Å². The highest BCUT2D eigenvalue weighted by Crippen LogP contribution is 2.25. The molecule has 0 saturated carbocycles. The Morgan fingerprint density at radius 3 is 2.16 bits per heavy atom. The normalized spacial score (nSPS) is 10.6. The zero-order valence-corrected chi connectivity index (χ0v) is 14.5. The van der Waals surface area contributed by atoms with Gasteiger partial charge in [-0.1, -0.05) is 42.5 Å². The maximum absolute atomic E-state index is 10.9. The summed E-state index contributed by atoms with van der Waals surface area (Å²) in [5.74, 6) is 0.326. The van der Waals surface area contributed by atoms with E-state index in [4.69, 9.17) is 0 Å². The van der Waals surface area contributed by atoms with E-state index in [1.54, 1.807) is 6.07 Å². The van der Waals surface area contributed by atoms with Crippen molar-refractivity contribution in [3.05, 3.63) is 99.6 Å². The summed E-state index contributed by atoms with van der Waals surface area (Å²) in [6.45, 7) is 4.04. The molecule has 125 valence electrons. The van der Waals surface area contributed by atoms with E-state index >= 15 is 0 Å². The van der Waals surface area contributed by atoms with Crippen molar-refractivity contribution in [3.8, 4) is 5.75 Å². The molecule has 0 aliphatic heterocycles. The van der Waals surface area contributed by atoms with Gasteiger partial charge in [-0.05, 0) is 71.8 Å². The van der Waals surface area contributed by atoms with Crippen molar-refractivity contribution in [2.75, 3.05) is 0 Å². The number of aryl methyl sites for hydroxylation is 2. The molecule has 0 amide bonds. The van der Waals surface area contributed by atoms with Gasteiger partial charge in [0.25, 0.3) is 0 Å². The van der Waals surface area contributed by atoms with Crippen molar-refractivity contribution >= 4 is 6.29 Å². The van der Waals surface area contributed by atoms with E-state index in [9.17, 15) is 9.90 Å². The van der Waals surface area contributed by atoms with Crippen LogP contribution in [0.2, 0.25) is 0 Å². The quantitative estimate of drug-likeness (QED) is 0.740. The number of aromatic hydroxyl groups is 1. The summed E-state index contributed by atoms with van der Waals surface area (Å²) in [5, 5.41) is 10.2. The van der Waals surface area contributed by atoms with Gasteiger partial charge in [-0.3, -0.25) is 4.79 Å². The lowest BCUT2D eigenvalue weighted by atomic mass is 9.92. The molecule has 1 radical (unpaired) electrons. The number of benzene rings is 3. The predicted molar refractivity (Wildman–Crippen MR) is 101 cm³/mol. The van der Waals surface area contributed by atoms with Gasteiger partial charge in [0.05, 0.1) is 0 Å². The summed E-state index contributed by atoms with van der Waals surface area (Å²) in [4.78, 5) is 10.9. The van der Waals surface area contributed by atoms with Gasteiger partial charge in [-0.15, -0.1) is 0 Å². The second-order valence-corrected chi connectivity index (χ2v) is 6.49. The maximum atomic E-state index is 10.9. The fourth-order valence-electron chi connectivity index (χ4n) is 3.24. The molecule has 0 bridgehead atoms. The van der Waals surface area contributed by atoms with Crippen molar-refractivity contribution in [2.45, 2.75) is 26.7 Å². The van der Waals surface area contributed by atoms with Crippen LogP contribution in [0.4, 0.5) is 0 Å². The molecule has 2 heteroatoms. The standard InChI is InChI=1S/C23H21O2/c1-16-10-20(15-24)11-17(2)22(16)14-19-8-9-23(25)21(13-19)12-18-6-4-3-5-7-18/h3-11,13,25H,12,14H2,1-2H3. The molecule has 2 nitrogen and oxygen atoms in total. The Morgan fingerprint density at radius 2 is 1.52 bits per heavy atom. The second-order valence-electron chi connectivity index (χ2n) is 6.49. The van der Waals surface area contributed by atoms with Crippen LogP contribution in [-0.4, -0.2) is 11.4 Å². The average Bonchev–Trinajstić information content (AvgIpc) is 2.61. The molecule has 0 aliphatic carbocycles. The van der Waals surface area contributed by atoms with Gasteiger partial charge in [-0.25, -0.2) is 0 Å². The zero-order chi connectivity index (χ0) is 17.8. The first-order chi connectivity index (χ1) is 12.1. The number of phenolic OH excluding ortho intramolecular Hbond substituents is 1. The fraction of sp³-hybridized carbons (Fsp3) is 0.174. The maximum Gasteiger partial charge on any atom is 0.233 e. The first kappa shape index (κ1) is 17.0.